The van der Waals surface area contributed by atoms with Crippen molar-refractivity contribution in [2.24, 2.45) is 0 Å². The average Bonchev–Trinajstić information content (AvgIpc) is 2.46. The third-order valence-corrected chi connectivity index (χ3v) is 9.32. The van der Waals surface area contributed by atoms with E-state index in [1.54, 1.807) is 0 Å². The molecule has 0 aliphatic carbocycles. The Bertz CT molecular complexity index is 470. The molecule has 138 valence electrons. The molecule has 5 heteroatoms. The highest BCUT2D eigenvalue weighted by Gasteiger charge is 2.38. The van der Waals surface area contributed by atoms with Gasteiger partial charge in [-0.2, -0.15) is 0 Å². The van der Waals surface area contributed by atoms with Gasteiger partial charge in [0.2, 0.25) is 0 Å². The van der Waals surface area contributed by atoms with Crippen LogP contribution in [0.4, 0.5) is 0 Å². The lowest BCUT2D eigenvalue weighted by Gasteiger charge is -2.39. The van der Waals surface area contributed by atoms with Gasteiger partial charge in [-0.25, -0.2) is 0 Å². The van der Waals surface area contributed by atoms with E-state index in [0.717, 1.165) is 5.56 Å². The van der Waals surface area contributed by atoms with Gasteiger partial charge in [-0.3, -0.25) is 0 Å². The maximum absolute atomic E-state index is 10.2. The third kappa shape index (κ3) is 7.03. The first-order valence-corrected chi connectivity index (χ1v) is 11.6. The van der Waals surface area contributed by atoms with Crippen molar-refractivity contribution < 1.29 is 19.4 Å². The van der Waals surface area contributed by atoms with Crippen molar-refractivity contribution in [3.63, 3.8) is 0 Å². The normalized spacial score (nSPS) is 16.7. The molecule has 0 amide bonds. The van der Waals surface area contributed by atoms with E-state index in [0.29, 0.717) is 13.0 Å². The Kier molecular flexibility index (Phi) is 8.09. The van der Waals surface area contributed by atoms with Crippen molar-refractivity contribution in [2.75, 3.05) is 6.61 Å². The summed E-state index contributed by atoms with van der Waals surface area (Å²) in [4.78, 5) is 0. The first-order chi connectivity index (χ1) is 11.0. The summed E-state index contributed by atoms with van der Waals surface area (Å²) >= 11 is 0. The summed E-state index contributed by atoms with van der Waals surface area (Å²) in [5.41, 5.74) is 1.05. The topological polar surface area (TPSA) is 58.9 Å². The van der Waals surface area contributed by atoms with E-state index < -0.39 is 20.5 Å². The Morgan fingerprint density at radius 2 is 1.62 bits per heavy atom. The predicted molar refractivity (Wildman–Crippen MR) is 100 cm³/mol. The van der Waals surface area contributed by atoms with Crippen molar-refractivity contribution >= 4 is 8.32 Å². The minimum absolute atomic E-state index is 0.0929. The molecule has 2 N–H and O–H groups in total. The number of aliphatic hydroxyl groups excluding tert-OH is 2. The molecule has 0 bridgehead atoms. The van der Waals surface area contributed by atoms with Crippen LogP contribution in [-0.4, -0.2) is 43.4 Å². The molecule has 0 spiro atoms. The molecule has 4 nitrogen and oxygen atoms in total. The van der Waals surface area contributed by atoms with Crippen LogP contribution in [0.1, 0.15) is 39.7 Å². The highest BCUT2D eigenvalue weighted by atomic mass is 28.4. The molecule has 0 saturated heterocycles. The van der Waals surface area contributed by atoms with Gasteiger partial charge in [-0.05, 0) is 30.6 Å². The number of hydrogen-bond acceptors (Lipinski definition) is 4. The van der Waals surface area contributed by atoms with Gasteiger partial charge < -0.3 is 19.4 Å². The minimum Gasteiger partial charge on any atom is -0.414 e. The number of hydrogen-bond donors (Lipinski definition) is 2. The second-order valence-corrected chi connectivity index (χ2v) is 12.8. The van der Waals surface area contributed by atoms with Crippen LogP contribution >= 0.6 is 0 Å². The van der Waals surface area contributed by atoms with E-state index in [9.17, 15) is 10.2 Å². The molecule has 0 saturated carbocycles. The summed E-state index contributed by atoms with van der Waals surface area (Å²) in [6.45, 7) is 13.5. The van der Waals surface area contributed by atoms with Gasteiger partial charge in [-0.1, -0.05) is 51.1 Å². The number of aliphatic hydroxyl groups is 2. The highest BCUT2D eigenvalue weighted by molar-refractivity contribution is 6.74. The highest BCUT2D eigenvalue weighted by Crippen LogP contribution is 2.37. The van der Waals surface area contributed by atoms with Gasteiger partial charge in [0.15, 0.2) is 8.32 Å². The molecule has 0 aliphatic heterocycles. The molecule has 0 unspecified atom stereocenters. The molecular formula is C19H34O4Si. The van der Waals surface area contributed by atoms with Crippen molar-refractivity contribution in [1.29, 1.82) is 0 Å². The summed E-state index contributed by atoms with van der Waals surface area (Å²) in [6.07, 6.45) is -1.44. The number of rotatable bonds is 9. The number of benzene rings is 1. The summed E-state index contributed by atoms with van der Waals surface area (Å²) in [5, 5.41) is 20.4. The largest absolute Gasteiger partial charge is 0.414 e. The van der Waals surface area contributed by atoms with Gasteiger partial charge in [0.1, 0.15) is 6.10 Å². The molecule has 1 aromatic rings. The van der Waals surface area contributed by atoms with Crippen LogP contribution in [0.15, 0.2) is 30.3 Å². The second kappa shape index (κ2) is 9.11. The lowest BCUT2D eigenvalue weighted by Crippen LogP contribution is -2.44. The van der Waals surface area contributed by atoms with E-state index in [2.05, 4.69) is 33.9 Å². The predicted octanol–water partition coefficient (Wildman–Crippen LogP) is 3.73. The van der Waals surface area contributed by atoms with E-state index >= 15 is 0 Å². The maximum atomic E-state index is 10.2. The zero-order chi connectivity index (χ0) is 18.4. The Morgan fingerprint density at radius 1 is 1.04 bits per heavy atom. The van der Waals surface area contributed by atoms with E-state index in [1.165, 1.54) is 0 Å². The van der Waals surface area contributed by atoms with Gasteiger partial charge in [0.25, 0.3) is 0 Å². The molecule has 1 rings (SSSR count). The molecule has 0 radical (unpaired) electrons. The Balaban J connectivity index is 2.36. The second-order valence-electron chi connectivity index (χ2n) is 8.06. The van der Waals surface area contributed by atoms with Crippen molar-refractivity contribution in [2.45, 2.75) is 77.2 Å². The average molecular weight is 355 g/mol. The van der Waals surface area contributed by atoms with Crippen LogP contribution in [0.25, 0.3) is 0 Å². The zero-order valence-electron chi connectivity index (χ0n) is 16.0. The van der Waals surface area contributed by atoms with Crippen LogP contribution in [0, 0.1) is 0 Å². The lowest BCUT2D eigenvalue weighted by molar-refractivity contribution is -0.0549. The first-order valence-electron chi connectivity index (χ1n) is 8.68. The summed E-state index contributed by atoms with van der Waals surface area (Å²) in [5.74, 6) is 0. The van der Waals surface area contributed by atoms with Gasteiger partial charge >= 0.3 is 0 Å². The number of ether oxygens (including phenoxy) is 1. The standard InChI is InChI=1S/C19H34O4Si/c1-15(23-24(5,6)19(2,3)4)12-17(20)18(21)14-22-13-16-10-8-7-9-11-16/h7-11,15,17-18,20-21H,12-14H2,1-6H3/t15-,17+,18+/m1/s1. The Morgan fingerprint density at radius 3 is 2.17 bits per heavy atom. The van der Waals surface area contributed by atoms with Gasteiger partial charge in [-0.15, -0.1) is 0 Å². The smallest absolute Gasteiger partial charge is 0.192 e. The molecule has 3 atom stereocenters. The Hall–Kier alpha value is -0.723. The molecule has 0 fully saturated rings. The molecule has 1 aromatic carbocycles. The van der Waals surface area contributed by atoms with E-state index in [1.807, 2.05) is 37.3 Å². The van der Waals surface area contributed by atoms with Crippen LogP contribution < -0.4 is 0 Å². The first kappa shape index (κ1) is 21.3. The molecule has 24 heavy (non-hydrogen) atoms. The fraction of sp³-hybridized carbons (Fsp3) is 0.684. The lowest BCUT2D eigenvalue weighted by atomic mass is 10.1. The third-order valence-electron chi connectivity index (χ3n) is 4.72. The van der Waals surface area contributed by atoms with Crippen LogP contribution in [0.2, 0.25) is 18.1 Å². The van der Waals surface area contributed by atoms with Crippen LogP contribution in [0.5, 0.6) is 0 Å². The van der Waals surface area contributed by atoms with Crippen LogP contribution in [-0.2, 0) is 15.8 Å². The minimum atomic E-state index is -1.86. The monoisotopic (exact) mass is 354 g/mol. The summed E-state index contributed by atoms with van der Waals surface area (Å²) < 4.78 is 11.7. The molecule has 0 heterocycles. The molecule has 0 aliphatic rings. The van der Waals surface area contributed by atoms with Crippen molar-refractivity contribution in [3.05, 3.63) is 35.9 Å². The fourth-order valence-corrected chi connectivity index (χ4v) is 3.66. The zero-order valence-corrected chi connectivity index (χ0v) is 17.0. The fourth-order valence-electron chi connectivity index (χ4n) is 2.21. The summed E-state index contributed by atoms with van der Waals surface area (Å²) in [7, 11) is -1.86. The van der Waals surface area contributed by atoms with Crippen LogP contribution in [0.3, 0.4) is 0 Å². The van der Waals surface area contributed by atoms with E-state index in [4.69, 9.17) is 9.16 Å². The summed E-state index contributed by atoms with van der Waals surface area (Å²) in [6, 6.07) is 9.79. The maximum Gasteiger partial charge on any atom is 0.192 e. The quantitative estimate of drug-likeness (QED) is 0.664. The van der Waals surface area contributed by atoms with Crippen molar-refractivity contribution in [3.8, 4) is 0 Å². The van der Waals surface area contributed by atoms with E-state index in [-0.39, 0.29) is 17.7 Å². The molecule has 0 aromatic heterocycles. The molecular weight excluding hydrogens is 320 g/mol. The van der Waals surface area contributed by atoms with Crippen molar-refractivity contribution in [1.82, 2.24) is 0 Å². The van der Waals surface area contributed by atoms with Gasteiger partial charge in [0.05, 0.1) is 19.3 Å². The SMILES string of the molecule is C[C@H](C[C@H](O)[C@@H](O)COCc1ccccc1)O[Si](C)(C)C(C)(C)C. The van der Waals surface area contributed by atoms with Gasteiger partial charge in [0, 0.05) is 12.5 Å². The Labute approximate surface area is 147 Å².